The van der Waals surface area contributed by atoms with E-state index in [2.05, 4.69) is 76.3 Å². The highest BCUT2D eigenvalue weighted by Crippen LogP contribution is 2.49. The van der Waals surface area contributed by atoms with Gasteiger partial charge in [-0.05, 0) is 52.8 Å². The highest BCUT2D eigenvalue weighted by Gasteiger charge is 2.42. The molecular formula is C18H25IO. The molecule has 0 fully saturated rings. The molecule has 0 amide bonds. The second kappa shape index (κ2) is 5.11. The predicted molar refractivity (Wildman–Crippen MR) is 94.2 cm³/mol. The Morgan fingerprint density at radius 3 is 2.40 bits per heavy atom. The lowest BCUT2D eigenvalue weighted by Gasteiger charge is -2.47. The van der Waals surface area contributed by atoms with Crippen molar-refractivity contribution in [1.82, 2.24) is 0 Å². The van der Waals surface area contributed by atoms with Gasteiger partial charge in [-0.1, -0.05) is 63.3 Å². The van der Waals surface area contributed by atoms with Gasteiger partial charge in [0.25, 0.3) is 0 Å². The molecule has 0 saturated heterocycles. The molecule has 0 aromatic heterocycles. The van der Waals surface area contributed by atoms with E-state index in [9.17, 15) is 4.79 Å². The zero-order chi connectivity index (χ0) is 15.3. The molecule has 20 heavy (non-hydrogen) atoms. The van der Waals surface area contributed by atoms with Crippen molar-refractivity contribution in [1.29, 1.82) is 0 Å². The van der Waals surface area contributed by atoms with Crippen LogP contribution in [0.2, 0.25) is 0 Å². The topological polar surface area (TPSA) is 17.1 Å². The van der Waals surface area contributed by atoms with Gasteiger partial charge in [-0.15, -0.1) is 0 Å². The van der Waals surface area contributed by atoms with Crippen LogP contribution in [0.15, 0.2) is 12.1 Å². The van der Waals surface area contributed by atoms with Crippen LogP contribution in [-0.4, -0.2) is 10.2 Å². The summed E-state index contributed by atoms with van der Waals surface area (Å²) in [6.45, 7) is 13.7. The molecule has 0 spiro atoms. The molecule has 1 aromatic carbocycles. The van der Waals surface area contributed by atoms with Crippen LogP contribution >= 0.6 is 22.6 Å². The Labute approximate surface area is 136 Å². The molecule has 0 N–H and O–H groups in total. The van der Waals surface area contributed by atoms with Gasteiger partial charge < -0.3 is 0 Å². The van der Waals surface area contributed by atoms with Crippen LogP contribution in [0.3, 0.4) is 0 Å². The molecule has 1 aliphatic rings. The van der Waals surface area contributed by atoms with Crippen molar-refractivity contribution in [3.05, 3.63) is 34.4 Å². The van der Waals surface area contributed by atoms with Crippen LogP contribution in [0.5, 0.6) is 0 Å². The molecule has 0 aliphatic heterocycles. The summed E-state index contributed by atoms with van der Waals surface area (Å²) in [5.41, 5.74) is 5.18. The standard InChI is InChI=1S/C18H25IO/c1-11-7-15-14(8-13(11)16(20)10-19)17(3,4)9-12(2)18(15,5)6/h7-8,12H,9-10H2,1-6H3. The minimum atomic E-state index is 0.151. The van der Waals surface area contributed by atoms with Crippen molar-refractivity contribution in [3.63, 3.8) is 0 Å². The minimum Gasteiger partial charge on any atom is -0.293 e. The van der Waals surface area contributed by atoms with Crippen LogP contribution in [0.1, 0.15) is 68.1 Å². The first kappa shape index (κ1) is 16.0. The lowest BCUT2D eigenvalue weighted by molar-refractivity contribution is 0.102. The van der Waals surface area contributed by atoms with Crippen LogP contribution in [-0.2, 0) is 10.8 Å². The van der Waals surface area contributed by atoms with Gasteiger partial charge in [0.2, 0.25) is 0 Å². The average molecular weight is 384 g/mol. The summed E-state index contributed by atoms with van der Waals surface area (Å²) < 4.78 is 0.553. The number of carbonyl (C=O) groups is 1. The average Bonchev–Trinajstić information content (AvgIpc) is 2.35. The fourth-order valence-electron chi connectivity index (χ4n) is 3.57. The fourth-order valence-corrected chi connectivity index (χ4v) is 3.98. The SMILES string of the molecule is Cc1cc2c(cc1C(=O)CI)C(C)(C)CC(C)C2(C)C. The summed E-state index contributed by atoms with van der Waals surface area (Å²) >= 11 is 2.16. The highest BCUT2D eigenvalue weighted by molar-refractivity contribution is 14.1. The first-order chi connectivity index (χ1) is 9.11. The second-order valence-electron chi connectivity index (χ2n) is 7.48. The van der Waals surface area contributed by atoms with E-state index in [4.69, 9.17) is 0 Å². The number of benzene rings is 1. The van der Waals surface area contributed by atoms with Gasteiger partial charge in [0, 0.05) is 5.56 Å². The normalized spacial score (nSPS) is 23.2. The molecule has 1 aromatic rings. The maximum atomic E-state index is 12.1. The van der Waals surface area contributed by atoms with Gasteiger partial charge in [0.1, 0.15) is 0 Å². The Morgan fingerprint density at radius 1 is 1.25 bits per heavy atom. The summed E-state index contributed by atoms with van der Waals surface area (Å²) in [6, 6.07) is 4.45. The van der Waals surface area contributed by atoms with Gasteiger partial charge in [0.15, 0.2) is 5.78 Å². The molecule has 2 rings (SSSR count). The highest BCUT2D eigenvalue weighted by atomic mass is 127. The zero-order valence-electron chi connectivity index (χ0n) is 13.4. The van der Waals surface area contributed by atoms with E-state index in [1.165, 1.54) is 17.5 Å². The third-order valence-electron chi connectivity index (χ3n) is 5.26. The number of Topliss-reactive ketones (excluding diaryl/α,β-unsaturated/α-hetero) is 1. The summed E-state index contributed by atoms with van der Waals surface area (Å²) in [5, 5.41) is 0. The Bertz CT molecular complexity index is 555. The molecule has 0 radical (unpaired) electrons. The van der Waals surface area contributed by atoms with Crippen molar-refractivity contribution in [3.8, 4) is 0 Å². The van der Waals surface area contributed by atoms with Crippen molar-refractivity contribution in [2.75, 3.05) is 4.43 Å². The molecule has 1 atom stereocenters. The van der Waals surface area contributed by atoms with E-state index < -0.39 is 0 Å². The number of alkyl halides is 1. The summed E-state index contributed by atoms with van der Waals surface area (Å²) in [5.74, 6) is 0.897. The molecular weight excluding hydrogens is 359 g/mol. The van der Waals surface area contributed by atoms with Crippen molar-refractivity contribution < 1.29 is 4.79 Å². The second-order valence-corrected chi connectivity index (χ2v) is 8.24. The van der Waals surface area contributed by atoms with Crippen LogP contribution in [0.4, 0.5) is 0 Å². The molecule has 0 heterocycles. The third kappa shape index (κ3) is 2.44. The lowest BCUT2D eigenvalue weighted by Crippen LogP contribution is -2.40. The zero-order valence-corrected chi connectivity index (χ0v) is 15.6. The van der Waals surface area contributed by atoms with E-state index in [0.29, 0.717) is 10.3 Å². The third-order valence-corrected chi connectivity index (χ3v) is 5.95. The Kier molecular flexibility index (Phi) is 4.09. The van der Waals surface area contributed by atoms with E-state index in [1.54, 1.807) is 0 Å². The lowest BCUT2D eigenvalue weighted by atomic mass is 9.58. The molecule has 0 saturated carbocycles. The molecule has 0 bridgehead atoms. The van der Waals surface area contributed by atoms with Gasteiger partial charge in [0.05, 0.1) is 4.43 Å². The largest absolute Gasteiger partial charge is 0.293 e. The monoisotopic (exact) mass is 384 g/mol. The van der Waals surface area contributed by atoms with E-state index >= 15 is 0 Å². The molecule has 110 valence electrons. The quantitative estimate of drug-likeness (QED) is 0.389. The smallest absolute Gasteiger partial charge is 0.172 e. The first-order valence-corrected chi connectivity index (χ1v) is 8.88. The number of fused-ring (bicyclic) bond motifs is 1. The van der Waals surface area contributed by atoms with Gasteiger partial charge >= 0.3 is 0 Å². The van der Waals surface area contributed by atoms with Crippen molar-refractivity contribution >= 4 is 28.4 Å². The van der Waals surface area contributed by atoms with E-state index in [0.717, 1.165) is 11.1 Å². The maximum Gasteiger partial charge on any atom is 0.172 e. The maximum absolute atomic E-state index is 12.1. The first-order valence-electron chi connectivity index (χ1n) is 7.36. The summed E-state index contributed by atoms with van der Waals surface area (Å²) in [6.07, 6.45) is 1.17. The van der Waals surface area contributed by atoms with Gasteiger partial charge in [-0.2, -0.15) is 0 Å². The number of carbonyl (C=O) groups excluding carboxylic acids is 1. The van der Waals surface area contributed by atoms with Crippen LogP contribution < -0.4 is 0 Å². The van der Waals surface area contributed by atoms with E-state index in [1.807, 2.05) is 0 Å². The Morgan fingerprint density at radius 2 is 1.85 bits per heavy atom. The van der Waals surface area contributed by atoms with Gasteiger partial charge in [-0.25, -0.2) is 0 Å². The molecule has 1 unspecified atom stereocenters. The minimum absolute atomic E-state index is 0.151. The fraction of sp³-hybridized carbons (Fsp3) is 0.611. The van der Waals surface area contributed by atoms with Crippen molar-refractivity contribution in [2.45, 2.75) is 58.8 Å². The number of hydrogen-bond donors (Lipinski definition) is 0. The number of rotatable bonds is 2. The number of halogens is 1. The van der Waals surface area contributed by atoms with E-state index in [-0.39, 0.29) is 16.6 Å². The Hall–Kier alpha value is -0.380. The molecule has 1 aliphatic carbocycles. The molecule has 2 heteroatoms. The number of ketones is 1. The Balaban J connectivity index is 2.71. The summed E-state index contributed by atoms with van der Waals surface area (Å²) in [4.78, 5) is 12.1. The predicted octanol–water partition coefficient (Wildman–Crippen LogP) is 5.21. The number of hydrogen-bond acceptors (Lipinski definition) is 1. The number of aryl methyl sites for hydroxylation is 1. The van der Waals surface area contributed by atoms with Crippen molar-refractivity contribution in [2.24, 2.45) is 5.92 Å². The van der Waals surface area contributed by atoms with Crippen LogP contribution in [0.25, 0.3) is 0 Å². The van der Waals surface area contributed by atoms with Gasteiger partial charge in [-0.3, -0.25) is 4.79 Å². The van der Waals surface area contributed by atoms with Crippen LogP contribution in [0, 0.1) is 12.8 Å². The molecule has 1 nitrogen and oxygen atoms in total. The summed E-state index contributed by atoms with van der Waals surface area (Å²) in [7, 11) is 0.